The molecule has 2 rings (SSSR count). The molecule has 1 aromatic carbocycles. The van der Waals surface area contributed by atoms with Crippen LogP contribution in [-0.4, -0.2) is 25.3 Å². The number of aldehydes is 1. The van der Waals surface area contributed by atoms with E-state index in [0.717, 1.165) is 0 Å². The lowest BCUT2D eigenvalue weighted by molar-refractivity contribution is -0.125. The molecular formula is C13H15FN2O2. The number of halogens is 1. The van der Waals surface area contributed by atoms with Gasteiger partial charge >= 0.3 is 0 Å². The molecule has 1 aromatic rings. The molecule has 0 spiro atoms. The van der Waals surface area contributed by atoms with Gasteiger partial charge in [0.05, 0.1) is 11.1 Å². The Hall–Kier alpha value is -1.91. The molecule has 1 heterocycles. The summed E-state index contributed by atoms with van der Waals surface area (Å²) in [5.41, 5.74) is 5.24. The molecule has 1 unspecified atom stereocenters. The second kappa shape index (κ2) is 4.40. The molecule has 1 atom stereocenters. The zero-order valence-corrected chi connectivity index (χ0v) is 10.1. The third-order valence-corrected chi connectivity index (χ3v) is 3.53. The van der Waals surface area contributed by atoms with Crippen LogP contribution in [0.5, 0.6) is 0 Å². The van der Waals surface area contributed by atoms with E-state index >= 15 is 0 Å². The molecule has 0 radical (unpaired) electrons. The molecular weight excluding hydrogens is 235 g/mol. The van der Waals surface area contributed by atoms with E-state index in [-0.39, 0.29) is 5.69 Å². The van der Waals surface area contributed by atoms with Gasteiger partial charge in [0.1, 0.15) is 5.82 Å². The Morgan fingerprint density at radius 2 is 2.28 bits per heavy atom. The predicted octanol–water partition coefficient (Wildman–Crippen LogP) is 1.34. The molecule has 0 bridgehead atoms. The van der Waals surface area contributed by atoms with Crippen LogP contribution < -0.4 is 10.6 Å². The Labute approximate surface area is 105 Å². The predicted molar refractivity (Wildman–Crippen MR) is 65.9 cm³/mol. The van der Waals surface area contributed by atoms with E-state index in [2.05, 4.69) is 0 Å². The van der Waals surface area contributed by atoms with E-state index in [4.69, 9.17) is 5.73 Å². The minimum Gasteiger partial charge on any atom is -0.369 e. The number of hydrogen-bond donors (Lipinski definition) is 1. The third-order valence-electron chi connectivity index (χ3n) is 3.53. The first-order valence-electron chi connectivity index (χ1n) is 5.76. The fourth-order valence-electron chi connectivity index (χ4n) is 2.31. The van der Waals surface area contributed by atoms with Crippen molar-refractivity contribution in [2.24, 2.45) is 11.1 Å². The number of primary amides is 1. The first-order chi connectivity index (χ1) is 8.48. The zero-order chi connectivity index (χ0) is 13.3. The Morgan fingerprint density at radius 1 is 1.56 bits per heavy atom. The minimum atomic E-state index is -0.664. The van der Waals surface area contributed by atoms with Gasteiger partial charge in [-0.25, -0.2) is 4.39 Å². The number of nitrogens with two attached hydrogens (primary N) is 1. The number of carbonyl (C=O) groups excluding carboxylic acids is 2. The van der Waals surface area contributed by atoms with E-state index in [9.17, 15) is 14.0 Å². The van der Waals surface area contributed by atoms with E-state index in [1.807, 2.05) is 0 Å². The maximum Gasteiger partial charge on any atom is 0.225 e. The summed E-state index contributed by atoms with van der Waals surface area (Å²) in [6, 6.07) is 4.36. The summed E-state index contributed by atoms with van der Waals surface area (Å²) >= 11 is 0. The summed E-state index contributed by atoms with van der Waals surface area (Å²) in [6.07, 6.45) is 1.19. The summed E-state index contributed by atoms with van der Waals surface area (Å²) in [6.45, 7) is 2.61. The summed E-state index contributed by atoms with van der Waals surface area (Å²) in [5, 5.41) is 0. The Balaban J connectivity index is 2.35. The van der Waals surface area contributed by atoms with E-state index < -0.39 is 17.1 Å². The quantitative estimate of drug-likeness (QED) is 0.823. The first-order valence-corrected chi connectivity index (χ1v) is 5.76. The topological polar surface area (TPSA) is 63.4 Å². The monoisotopic (exact) mass is 250 g/mol. The fraction of sp³-hybridized carbons (Fsp3) is 0.385. The summed E-state index contributed by atoms with van der Waals surface area (Å²) in [4.78, 5) is 24.0. The molecule has 0 aliphatic carbocycles. The van der Waals surface area contributed by atoms with E-state index in [1.54, 1.807) is 17.9 Å². The molecule has 2 N–H and O–H groups in total. The molecule has 1 fully saturated rings. The van der Waals surface area contributed by atoms with Gasteiger partial charge in [0.25, 0.3) is 0 Å². The lowest BCUT2D eigenvalue weighted by atomic mass is 9.89. The molecule has 0 saturated carbocycles. The van der Waals surface area contributed by atoms with Crippen molar-refractivity contribution >= 4 is 17.9 Å². The second-order valence-corrected chi connectivity index (χ2v) is 4.89. The Bertz CT molecular complexity index is 504. The van der Waals surface area contributed by atoms with Gasteiger partial charge in [-0.05, 0) is 25.5 Å². The van der Waals surface area contributed by atoms with Crippen LogP contribution in [0, 0.1) is 11.2 Å². The lowest BCUT2D eigenvalue weighted by Crippen LogP contribution is -2.37. The van der Waals surface area contributed by atoms with Crippen molar-refractivity contribution in [2.45, 2.75) is 13.3 Å². The fourth-order valence-corrected chi connectivity index (χ4v) is 2.31. The number of rotatable bonds is 3. The number of nitrogens with zero attached hydrogens (tertiary/aromatic N) is 1. The molecule has 0 aromatic heterocycles. The highest BCUT2D eigenvalue weighted by Crippen LogP contribution is 2.35. The number of hydrogen-bond acceptors (Lipinski definition) is 3. The highest BCUT2D eigenvalue weighted by atomic mass is 19.1. The van der Waals surface area contributed by atoms with Crippen LogP contribution in [0.1, 0.15) is 23.7 Å². The van der Waals surface area contributed by atoms with Crippen LogP contribution >= 0.6 is 0 Å². The molecule has 1 aliphatic heterocycles. The van der Waals surface area contributed by atoms with Gasteiger partial charge in [-0.3, -0.25) is 9.59 Å². The van der Waals surface area contributed by atoms with Gasteiger partial charge in [-0.15, -0.1) is 0 Å². The van der Waals surface area contributed by atoms with E-state index in [0.29, 0.717) is 31.4 Å². The largest absolute Gasteiger partial charge is 0.369 e. The van der Waals surface area contributed by atoms with Gasteiger partial charge in [0.15, 0.2) is 6.29 Å². The average molecular weight is 250 g/mol. The maximum absolute atomic E-state index is 13.8. The van der Waals surface area contributed by atoms with Crippen molar-refractivity contribution < 1.29 is 14.0 Å². The smallest absolute Gasteiger partial charge is 0.225 e. The Kier molecular flexibility index (Phi) is 3.07. The molecule has 18 heavy (non-hydrogen) atoms. The van der Waals surface area contributed by atoms with Gasteiger partial charge in [-0.2, -0.15) is 0 Å². The van der Waals surface area contributed by atoms with Crippen molar-refractivity contribution in [2.75, 3.05) is 18.0 Å². The van der Waals surface area contributed by atoms with Gasteiger partial charge < -0.3 is 10.6 Å². The van der Waals surface area contributed by atoms with Gasteiger partial charge in [0, 0.05) is 18.7 Å². The molecule has 96 valence electrons. The zero-order valence-electron chi connectivity index (χ0n) is 10.1. The van der Waals surface area contributed by atoms with Crippen LogP contribution in [0.3, 0.4) is 0 Å². The standard InChI is InChI=1S/C13H15FN2O2/c1-13(12(15)18)5-6-16(8-13)11-9(7-17)3-2-4-10(11)14/h2-4,7H,5-6,8H2,1H3,(H2,15,18). The number of anilines is 1. The summed E-state index contributed by atoms with van der Waals surface area (Å²) in [5.74, 6) is -0.845. The highest BCUT2D eigenvalue weighted by Gasteiger charge is 2.40. The number of para-hydroxylation sites is 1. The van der Waals surface area contributed by atoms with Crippen LogP contribution in [-0.2, 0) is 4.79 Å². The van der Waals surface area contributed by atoms with Crippen molar-refractivity contribution in [1.29, 1.82) is 0 Å². The lowest BCUT2D eigenvalue weighted by Gasteiger charge is -2.23. The average Bonchev–Trinajstić information content (AvgIpc) is 2.72. The number of amides is 1. The van der Waals surface area contributed by atoms with Gasteiger partial charge in [0.2, 0.25) is 5.91 Å². The summed E-state index contributed by atoms with van der Waals surface area (Å²) in [7, 11) is 0. The van der Waals surface area contributed by atoms with Crippen LogP contribution in [0.15, 0.2) is 18.2 Å². The molecule has 1 aliphatic rings. The summed E-state index contributed by atoms with van der Waals surface area (Å²) < 4.78 is 13.8. The van der Waals surface area contributed by atoms with Crippen molar-refractivity contribution in [3.63, 3.8) is 0 Å². The number of benzene rings is 1. The van der Waals surface area contributed by atoms with E-state index in [1.165, 1.54) is 12.1 Å². The first kappa shape index (κ1) is 12.5. The second-order valence-electron chi connectivity index (χ2n) is 4.89. The van der Waals surface area contributed by atoms with Crippen molar-refractivity contribution in [3.8, 4) is 0 Å². The minimum absolute atomic E-state index is 0.262. The van der Waals surface area contributed by atoms with Crippen LogP contribution in [0.2, 0.25) is 0 Å². The number of carbonyl (C=O) groups is 2. The molecule has 5 heteroatoms. The normalized spacial score (nSPS) is 23.1. The third kappa shape index (κ3) is 1.96. The molecule has 4 nitrogen and oxygen atoms in total. The van der Waals surface area contributed by atoms with Crippen molar-refractivity contribution in [1.82, 2.24) is 0 Å². The van der Waals surface area contributed by atoms with Crippen molar-refractivity contribution in [3.05, 3.63) is 29.6 Å². The maximum atomic E-state index is 13.8. The highest BCUT2D eigenvalue weighted by molar-refractivity contribution is 5.86. The Morgan fingerprint density at radius 3 is 2.83 bits per heavy atom. The molecule has 1 saturated heterocycles. The van der Waals surface area contributed by atoms with Crippen LogP contribution in [0.4, 0.5) is 10.1 Å². The molecule has 1 amide bonds. The van der Waals surface area contributed by atoms with Crippen LogP contribution in [0.25, 0.3) is 0 Å². The van der Waals surface area contributed by atoms with Gasteiger partial charge in [-0.1, -0.05) is 6.07 Å². The SMILES string of the molecule is CC1(C(N)=O)CCN(c2c(F)cccc2C=O)C1.